The Morgan fingerprint density at radius 1 is 0.514 bits per heavy atom. The van der Waals surface area contributed by atoms with Gasteiger partial charge in [0.25, 0.3) is 20.0 Å². The van der Waals surface area contributed by atoms with Crippen LogP contribution in [0.4, 0.5) is 11.4 Å². The van der Waals surface area contributed by atoms with Crippen LogP contribution in [0.25, 0.3) is 21.9 Å². The van der Waals surface area contributed by atoms with Gasteiger partial charge in [-0.15, -0.1) is 0 Å². The smallest absolute Gasteiger partial charge is 0.261 e. The third-order valence-corrected chi connectivity index (χ3v) is 9.31. The Kier molecular flexibility index (Phi) is 6.00. The maximum Gasteiger partial charge on any atom is 0.261 e. The molecule has 1 aromatic heterocycles. The number of hydrogen-bond donors (Lipinski definition) is 2. The molecule has 7 nitrogen and oxygen atoms in total. The van der Waals surface area contributed by atoms with Gasteiger partial charge in [-0.2, -0.15) is 0 Å². The first-order valence-electron chi connectivity index (χ1n) is 11.6. The summed E-state index contributed by atoms with van der Waals surface area (Å²) in [5, 5.41) is 1.00. The molecule has 0 radical (unpaired) electrons. The fraction of sp³-hybridized carbons (Fsp3) is 0.143. The monoisotopic (exact) mass is 534 g/mol. The Morgan fingerprint density at radius 3 is 1.30 bits per heavy atom. The minimum atomic E-state index is -3.89. The fourth-order valence-electron chi connectivity index (χ4n) is 4.11. The normalized spacial score (nSPS) is 12.2. The largest absolute Gasteiger partial charge is 0.456 e. The molecule has 0 aliphatic carbocycles. The molecule has 4 aromatic carbocycles. The average Bonchev–Trinajstić information content (AvgIpc) is 3.21. The van der Waals surface area contributed by atoms with Crippen LogP contribution in [0.1, 0.15) is 22.3 Å². The summed E-state index contributed by atoms with van der Waals surface area (Å²) >= 11 is 0. The van der Waals surface area contributed by atoms with Crippen LogP contribution in [0.5, 0.6) is 0 Å². The SMILES string of the molecule is Cc1ccc(NS(=O)(=O)c2ccc3oc4ccc(S(=O)(=O)Nc5ccc(C)c(C)c5)cc4c3c2)cc1C. The van der Waals surface area contributed by atoms with Crippen molar-refractivity contribution in [1.29, 1.82) is 0 Å². The fourth-order valence-corrected chi connectivity index (χ4v) is 6.26. The van der Waals surface area contributed by atoms with Crippen LogP contribution in [-0.2, 0) is 20.0 Å². The Morgan fingerprint density at radius 2 is 0.919 bits per heavy atom. The van der Waals surface area contributed by atoms with Gasteiger partial charge in [-0.25, -0.2) is 16.8 Å². The molecule has 9 heteroatoms. The summed E-state index contributed by atoms with van der Waals surface area (Å²) in [5.41, 5.74) is 5.91. The van der Waals surface area contributed by atoms with E-state index in [-0.39, 0.29) is 9.79 Å². The standard InChI is InChI=1S/C28H26N2O5S2/c1-17-5-7-21(13-19(17)3)29-36(31,32)23-9-11-27-25(15-23)26-16-24(10-12-28(26)35-27)37(33,34)30-22-8-6-18(2)20(4)14-22/h5-16,29-30H,1-4H3. The summed E-state index contributed by atoms with van der Waals surface area (Å²) in [5.74, 6) is 0. The molecule has 2 N–H and O–H groups in total. The molecule has 5 aromatic rings. The highest BCUT2D eigenvalue weighted by Crippen LogP contribution is 2.33. The summed E-state index contributed by atoms with van der Waals surface area (Å²) in [4.78, 5) is 0.0879. The minimum Gasteiger partial charge on any atom is -0.456 e. The number of hydrogen-bond acceptors (Lipinski definition) is 5. The van der Waals surface area contributed by atoms with Crippen LogP contribution in [0.15, 0.2) is 87.0 Å². The van der Waals surface area contributed by atoms with Crippen LogP contribution in [0.2, 0.25) is 0 Å². The van der Waals surface area contributed by atoms with E-state index in [1.54, 1.807) is 36.4 Å². The van der Waals surface area contributed by atoms with Crippen molar-refractivity contribution < 1.29 is 21.3 Å². The highest BCUT2D eigenvalue weighted by Gasteiger charge is 2.20. The van der Waals surface area contributed by atoms with E-state index in [0.717, 1.165) is 22.3 Å². The summed E-state index contributed by atoms with van der Waals surface area (Å²) in [6, 6.07) is 19.8. The van der Waals surface area contributed by atoms with E-state index in [1.165, 1.54) is 24.3 Å². The van der Waals surface area contributed by atoms with Crippen molar-refractivity contribution in [3.05, 3.63) is 95.1 Å². The van der Waals surface area contributed by atoms with Gasteiger partial charge in [0, 0.05) is 22.1 Å². The second-order valence-corrected chi connectivity index (χ2v) is 12.6. The second kappa shape index (κ2) is 8.93. The first-order valence-corrected chi connectivity index (χ1v) is 14.6. The van der Waals surface area contributed by atoms with E-state index < -0.39 is 20.0 Å². The lowest BCUT2D eigenvalue weighted by Gasteiger charge is -2.10. The zero-order valence-electron chi connectivity index (χ0n) is 20.8. The predicted molar refractivity (Wildman–Crippen MR) is 147 cm³/mol. The topological polar surface area (TPSA) is 105 Å². The summed E-state index contributed by atoms with van der Waals surface area (Å²) in [6.45, 7) is 7.74. The van der Waals surface area contributed by atoms with Crippen LogP contribution in [0, 0.1) is 27.7 Å². The molecule has 0 fully saturated rings. The molecule has 0 unspecified atom stereocenters. The molecule has 0 amide bonds. The number of nitrogens with one attached hydrogen (secondary N) is 2. The third kappa shape index (κ3) is 4.80. The summed E-state index contributed by atoms with van der Waals surface area (Å²) in [7, 11) is -7.78. The molecular formula is C28H26N2O5S2. The molecule has 0 saturated carbocycles. The predicted octanol–water partition coefficient (Wildman–Crippen LogP) is 6.42. The maximum absolute atomic E-state index is 13.1. The number of rotatable bonds is 6. The van der Waals surface area contributed by atoms with E-state index in [9.17, 15) is 16.8 Å². The van der Waals surface area contributed by atoms with Crippen molar-refractivity contribution in [2.75, 3.05) is 9.44 Å². The Balaban J connectivity index is 1.53. The second-order valence-electron chi connectivity index (χ2n) is 9.23. The molecule has 0 spiro atoms. The first-order chi connectivity index (χ1) is 17.4. The average molecular weight is 535 g/mol. The Bertz CT molecular complexity index is 1770. The quantitative estimate of drug-likeness (QED) is 0.261. The van der Waals surface area contributed by atoms with Gasteiger partial charge in [0.05, 0.1) is 9.79 Å². The molecule has 0 saturated heterocycles. The van der Waals surface area contributed by atoms with Gasteiger partial charge in [0.2, 0.25) is 0 Å². The summed E-state index contributed by atoms with van der Waals surface area (Å²) in [6.07, 6.45) is 0. The molecular weight excluding hydrogens is 508 g/mol. The molecule has 5 rings (SSSR count). The number of fused-ring (bicyclic) bond motifs is 3. The van der Waals surface area contributed by atoms with Crippen LogP contribution in [0.3, 0.4) is 0 Å². The van der Waals surface area contributed by atoms with Crippen molar-refractivity contribution in [3.63, 3.8) is 0 Å². The number of aryl methyl sites for hydroxylation is 4. The maximum atomic E-state index is 13.1. The van der Waals surface area contributed by atoms with E-state index in [0.29, 0.717) is 33.3 Å². The lowest BCUT2D eigenvalue weighted by atomic mass is 10.1. The van der Waals surface area contributed by atoms with Crippen molar-refractivity contribution in [3.8, 4) is 0 Å². The molecule has 1 heterocycles. The van der Waals surface area contributed by atoms with E-state index >= 15 is 0 Å². The van der Waals surface area contributed by atoms with Crippen molar-refractivity contribution >= 4 is 53.4 Å². The van der Waals surface area contributed by atoms with Crippen molar-refractivity contribution in [2.24, 2.45) is 0 Å². The van der Waals surface area contributed by atoms with E-state index in [4.69, 9.17) is 4.42 Å². The van der Waals surface area contributed by atoms with Gasteiger partial charge in [0.15, 0.2) is 0 Å². The first kappa shape index (κ1) is 24.9. The molecule has 0 atom stereocenters. The highest BCUT2D eigenvalue weighted by molar-refractivity contribution is 7.93. The highest BCUT2D eigenvalue weighted by atomic mass is 32.2. The van der Waals surface area contributed by atoms with Gasteiger partial charge < -0.3 is 4.42 Å². The molecule has 37 heavy (non-hydrogen) atoms. The number of sulfonamides is 2. The van der Waals surface area contributed by atoms with Crippen molar-refractivity contribution in [1.82, 2.24) is 0 Å². The van der Waals surface area contributed by atoms with E-state index in [1.807, 2.05) is 39.8 Å². The molecule has 0 aliphatic rings. The van der Waals surface area contributed by atoms with Gasteiger partial charge in [-0.3, -0.25) is 9.44 Å². The van der Waals surface area contributed by atoms with Gasteiger partial charge in [-0.1, -0.05) is 12.1 Å². The number of anilines is 2. The minimum absolute atomic E-state index is 0.0439. The lowest BCUT2D eigenvalue weighted by molar-refractivity contribution is 0.599. The van der Waals surface area contributed by atoms with E-state index in [2.05, 4.69) is 9.44 Å². The third-order valence-electron chi connectivity index (χ3n) is 6.55. The summed E-state index contributed by atoms with van der Waals surface area (Å²) < 4.78 is 63.6. The Labute approximate surface area is 216 Å². The molecule has 190 valence electrons. The molecule has 0 aliphatic heterocycles. The van der Waals surface area contributed by atoms with Gasteiger partial charge in [-0.05, 0) is 111 Å². The number of benzene rings is 4. The van der Waals surface area contributed by atoms with Crippen LogP contribution >= 0.6 is 0 Å². The van der Waals surface area contributed by atoms with Crippen LogP contribution < -0.4 is 9.44 Å². The van der Waals surface area contributed by atoms with Crippen molar-refractivity contribution in [2.45, 2.75) is 37.5 Å². The zero-order chi connectivity index (χ0) is 26.5. The molecule has 0 bridgehead atoms. The van der Waals surface area contributed by atoms with Gasteiger partial charge in [0.1, 0.15) is 11.2 Å². The van der Waals surface area contributed by atoms with Gasteiger partial charge >= 0.3 is 0 Å². The Hall–Kier alpha value is -3.82. The lowest BCUT2D eigenvalue weighted by Crippen LogP contribution is -2.13. The number of furan rings is 1. The van der Waals surface area contributed by atoms with Crippen LogP contribution in [-0.4, -0.2) is 16.8 Å². The zero-order valence-corrected chi connectivity index (χ0v) is 22.4.